The smallest absolute Gasteiger partial charge is 0.129 e. The summed E-state index contributed by atoms with van der Waals surface area (Å²) in [5.41, 5.74) is 8.41. The first-order valence-electron chi connectivity index (χ1n) is 11.9. The molecule has 0 unspecified atom stereocenters. The highest BCUT2D eigenvalue weighted by Gasteiger charge is 2.14. The van der Waals surface area contributed by atoms with Crippen LogP contribution in [0.25, 0.3) is 0 Å². The van der Waals surface area contributed by atoms with Crippen molar-refractivity contribution in [3.8, 4) is 0 Å². The quantitative estimate of drug-likeness (QED) is 0.392. The Morgan fingerprint density at radius 2 is 1.36 bits per heavy atom. The topological polar surface area (TPSA) is 104 Å². The van der Waals surface area contributed by atoms with E-state index in [0.29, 0.717) is 54.5 Å². The molecule has 2 aliphatic rings. The lowest BCUT2D eigenvalue weighted by Gasteiger charge is -2.26. The second-order valence-electron chi connectivity index (χ2n) is 8.56. The van der Waals surface area contributed by atoms with Crippen LogP contribution in [0.5, 0.6) is 0 Å². The summed E-state index contributed by atoms with van der Waals surface area (Å²) in [7, 11) is 0. The van der Waals surface area contributed by atoms with Gasteiger partial charge in [-0.2, -0.15) is 10.2 Å². The van der Waals surface area contributed by atoms with E-state index in [2.05, 4.69) is 30.2 Å². The van der Waals surface area contributed by atoms with Gasteiger partial charge in [0.05, 0.1) is 38.3 Å². The Morgan fingerprint density at radius 1 is 0.806 bits per heavy atom. The van der Waals surface area contributed by atoms with Gasteiger partial charge in [-0.05, 0) is 18.2 Å². The van der Waals surface area contributed by atoms with Gasteiger partial charge in [0.15, 0.2) is 0 Å². The first-order chi connectivity index (χ1) is 17.6. The Kier molecular flexibility index (Phi) is 9.45. The lowest BCUT2D eigenvalue weighted by Crippen LogP contribution is -2.35. The van der Waals surface area contributed by atoms with E-state index >= 15 is 0 Å². The van der Waals surface area contributed by atoms with Gasteiger partial charge < -0.3 is 15.2 Å². The average molecular weight is 500 g/mol. The van der Waals surface area contributed by atoms with Crippen LogP contribution in [0.3, 0.4) is 0 Å². The number of nitrogen functional groups attached to an aromatic ring is 1. The van der Waals surface area contributed by atoms with Gasteiger partial charge in [-0.25, -0.2) is 8.78 Å². The minimum absolute atomic E-state index is 0.221. The fourth-order valence-electron chi connectivity index (χ4n) is 3.83. The van der Waals surface area contributed by atoms with E-state index in [-0.39, 0.29) is 11.6 Å². The molecule has 0 radical (unpaired) electrons. The lowest BCUT2D eigenvalue weighted by atomic mass is 10.1. The van der Waals surface area contributed by atoms with E-state index in [1.165, 1.54) is 12.1 Å². The molecule has 192 valence electrons. The van der Waals surface area contributed by atoms with Gasteiger partial charge in [0, 0.05) is 68.3 Å². The monoisotopic (exact) mass is 499 g/mol. The number of aromatic amines is 1. The SMILES string of the molecule is Fc1cc(N=Nc2cn[nH]c2)ccc1CN1CCOCC1.Nc1ccc(CN2CCOCC2)c(F)c1. The van der Waals surface area contributed by atoms with Crippen LogP contribution in [0.2, 0.25) is 0 Å². The first-order valence-corrected chi connectivity index (χ1v) is 11.9. The van der Waals surface area contributed by atoms with E-state index in [9.17, 15) is 8.78 Å². The van der Waals surface area contributed by atoms with Crippen LogP contribution in [0.4, 0.5) is 25.8 Å². The summed E-state index contributed by atoms with van der Waals surface area (Å²) in [6, 6.07) is 9.78. The highest BCUT2D eigenvalue weighted by atomic mass is 19.1. The molecule has 0 amide bonds. The van der Waals surface area contributed by atoms with E-state index in [1.807, 2.05) is 0 Å². The minimum Gasteiger partial charge on any atom is -0.399 e. The normalized spacial score (nSPS) is 17.2. The molecule has 11 heteroatoms. The third-order valence-corrected chi connectivity index (χ3v) is 5.87. The molecule has 1 aromatic heterocycles. The Morgan fingerprint density at radius 3 is 1.89 bits per heavy atom. The fourth-order valence-corrected chi connectivity index (χ4v) is 3.83. The van der Waals surface area contributed by atoms with Crippen molar-refractivity contribution in [2.75, 3.05) is 58.3 Å². The third kappa shape index (κ3) is 7.89. The molecule has 0 atom stereocenters. The number of aromatic nitrogens is 2. The molecule has 0 aliphatic carbocycles. The second-order valence-corrected chi connectivity index (χ2v) is 8.56. The number of ether oxygens (including phenoxy) is 2. The zero-order chi connectivity index (χ0) is 25.2. The number of nitrogens with one attached hydrogen (secondary N) is 1. The van der Waals surface area contributed by atoms with Gasteiger partial charge in [-0.3, -0.25) is 14.9 Å². The van der Waals surface area contributed by atoms with Crippen LogP contribution in [0, 0.1) is 11.6 Å². The summed E-state index contributed by atoms with van der Waals surface area (Å²) in [6.07, 6.45) is 3.17. The molecule has 5 rings (SSSR count). The molecule has 36 heavy (non-hydrogen) atoms. The van der Waals surface area contributed by atoms with Gasteiger partial charge >= 0.3 is 0 Å². The van der Waals surface area contributed by atoms with E-state index in [0.717, 1.165) is 39.4 Å². The summed E-state index contributed by atoms with van der Waals surface area (Å²) in [4.78, 5) is 4.35. The van der Waals surface area contributed by atoms with Crippen LogP contribution in [0.1, 0.15) is 11.1 Å². The van der Waals surface area contributed by atoms with E-state index < -0.39 is 0 Å². The van der Waals surface area contributed by atoms with Gasteiger partial charge in [0.2, 0.25) is 0 Å². The van der Waals surface area contributed by atoms with Crippen LogP contribution in [-0.2, 0) is 22.6 Å². The highest BCUT2D eigenvalue weighted by molar-refractivity contribution is 5.41. The van der Waals surface area contributed by atoms with Gasteiger partial charge in [-0.15, -0.1) is 5.11 Å². The molecule has 9 nitrogen and oxygen atoms in total. The van der Waals surface area contributed by atoms with Crippen LogP contribution >= 0.6 is 0 Å². The van der Waals surface area contributed by atoms with E-state index in [1.54, 1.807) is 36.7 Å². The largest absolute Gasteiger partial charge is 0.399 e. The van der Waals surface area contributed by atoms with Gasteiger partial charge in [0.1, 0.15) is 17.3 Å². The van der Waals surface area contributed by atoms with Crippen molar-refractivity contribution in [2.45, 2.75) is 13.1 Å². The molecule has 3 aromatic rings. The molecule has 3 N–H and O–H groups in total. The Balaban J connectivity index is 0.000000179. The third-order valence-electron chi connectivity index (χ3n) is 5.87. The first kappa shape index (κ1) is 25.8. The zero-order valence-corrected chi connectivity index (χ0v) is 20.1. The predicted molar refractivity (Wildman–Crippen MR) is 132 cm³/mol. The van der Waals surface area contributed by atoms with Crippen molar-refractivity contribution >= 4 is 17.1 Å². The van der Waals surface area contributed by atoms with Crippen LogP contribution in [-0.4, -0.2) is 72.6 Å². The standard InChI is InChI=1S/C14H16FN5O.C11H15FN2O/c15-14-7-12(18-19-13-8-16-17-9-13)2-1-11(14)10-20-3-5-21-6-4-20;12-11-7-10(13)2-1-9(11)8-14-3-5-15-6-4-14/h1-2,7-9H,3-6,10H2,(H,16,17);1-2,7H,3-6,8,13H2. The number of hydrogen-bond donors (Lipinski definition) is 2. The zero-order valence-electron chi connectivity index (χ0n) is 20.1. The summed E-state index contributed by atoms with van der Waals surface area (Å²) in [5, 5.41) is 14.4. The van der Waals surface area contributed by atoms with Crippen molar-refractivity contribution < 1.29 is 18.3 Å². The van der Waals surface area contributed by atoms with E-state index in [4.69, 9.17) is 15.2 Å². The molecule has 2 fully saturated rings. The molecule has 0 saturated carbocycles. The maximum Gasteiger partial charge on any atom is 0.129 e. The Hall–Kier alpha value is -3.25. The van der Waals surface area contributed by atoms with Gasteiger partial charge in [-0.1, -0.05) is 12.1 Å². The number of azo groups is 1. The predicted octanol–water partition coefficient (Wildman–Crippen LogP) is 4.04. The summed E-state index contributed by atoms with van der Waals surface area (Å²) >= 11 is 0. The number of benzene rings is 2. The highest BCUT2D eigenvalue weighted by Crippen LogP contribution is 2.21. The minimum atomic E-state index is -0.259. The Bertz CT molecular complexity index is 1120. The summed E-state index contributed by atoms with van der Waals surface area (Å²) in [5.74, 6) is -0.480. The lowest BCUT2D eigenvalue weighted by molar-refractivity contribution is 0.0337. The number of H-pyrrole nitrogens is 1. The fraction of sp³-hybridized carbons (Fsp3) is 0.400. The molecule has 2 saturated heterocycles. The van der Waals surface area contributed by atoms with Gasteiger partial charge in [0.25, 0.3) is 0 Å². The molecular formula is C25H31F2N7O2. The van der Waals surface area contributed by atoms with Crippen molar-refractivity contribution in [2.24, 2.45) is 10.2 Å². The van der Waals surface area contributed by atoms with Crippen LogP contribution in [0.15, 0.2) is 59.0 Å². The number of nitrogens with zero attached hydrogens (tertiary/aromatic N) is 5. The number of morpholine rings is 2. The number of halogens is 2. The number of hydrogen-bond acceptors (Lipinski definition) is 8. The maximum atomic E-state index is 14.1. The second kappa shape index (κ2) is 13.2. The average Bonchev–Trinajstić information content (AvgIpc) is 3.42. The number of nitrogens with two attached hydrogens (primary N) is 1. The van der Waals surface area contributed by atoms with Crippen molar-refractivity contribution in [3.05, 3.63) is 71.6 Å². The van der Waals surface area contributed by atoms with Crippen LogP contribution < -0.4 is 5.73 Å². The summed E-state index contributed by atoms with van der Waals surface area (Å²) in [6.45, 7) is 7.50. The molecule has 3 heterocycles. The molecule has 2 aromatic carbocycles. The maximum absolute atomic E-state index is 14.1. The molecule has 0 bridgehead atoms. The Labute approximate surface area is 208 Å². The molecule has 0 spiro atoms. The molecule has 2 aliphatic heterocycles. The van der Waals surface area contributed by atoms with Crippen molar-refractivity contribution in [1.29, 1.82) is 0 Å². The molecular weight excluding hydrogens is 468 g/mol. The van der Waals surface area contributed by atoms with Crippen molar-refractivity contribution in [1.82, 2.24) is 20.0 Å². The van der Waals surface area contributed by atoms with Crippen molar-refractivity contribution in [3.63, 3.8) is 0 Å². The number of rotatable bonds is 6. The summed E-state index contributed by atoms with van der Waals surface area (Å²) < 4.78 is 38.1. The number of anilines is 1.